The molecule has 0 saturated heterocycles. The molecule has 2 aromatic rings. The molecule has 6 nitrogen and oxygen atoms in total. The fourth-order valence-electron chi connectivity index (χ4n) is 3.41. The van der Waals surface area contributed by atoms with Crippen LogP contribution in [0, 0.1) is 0 Å². The second-order valence-corrected chi connectivity index (χ2v) is 7.38. The lowest BCUT2D eigenvalue weighted by Gasteiger charge is -2.17. The molecule has 1 aliphatic carbocycles. The SMILES string of the molecule is CN(CCc1ccncc1)C(=O)c1ccnc(C(=O)NCCC2=CCCCC2)c1. The quantitative estimate of drug-likeness (QED) is 0.699. The Morgan fingerprint density at radius 3 is 2.69 bits per heavy atom. The van der Waals surface area contributed by atoms with E-state index in [0.29, 0.717) is 18.7 Å². The summed E-state index contributed by atoms with van der Waals surface area (Å²) >= 11 is 0. The normalized spacial score (nSPS) is 13.5. The molecule has 0 saturated carbocycles. The van der Waals surface area contributed by atoms with Gasteiger partial charge in [-0.05, 0) is 68.4 Å². The number of allylic oxidation sites excluding steroid dienone is 1. The fraction of sp³-hybridized carbons (Fsp3) is 0.391. The van der Waals surface area contributed by atoms with Gasteiger partial charge in [0.2, 0.25) is 0 Å². The third-order valence-corrected chi connectivity index (χ3v) is 5.19. The molecule has 2 aromatic heterocycles. The van der Waals surface area contributed by atoms with Crippen LogP contribution in [0.5, 0.6) is 0 Å². The van der Waals surface area contributed by atoms with Crippen molar-refractivity contribution in [2.75, 3.05) is 20.1 Å². The fourth-order valence-corrected chi connectivity index (χ4v) is 3.41. The molecule has 152 valence electrons. The second-order valence-electron chi connectivity index (χ2n) is 7.38. The summed E-state index contributed by atoms with van der Waals surface area (Å²) in [4.78, 5) is 34.9. The highest BCUT2D eigenvalue weighted by molar-refractivity contribution is 5.98. The first kappa shape index (κ1) is 20.7. The molecule has 6 heteroatoms. The largest absolute Gasteiger partial charge is 0.350 e. The van der Waals surface area contributed by atoms with Crippen LogP contribution in [0.4, 0.5) is 0 Å². The number of hydrogen-bond donors (Lipinski definition) is 1. The van der Waals surface area contributed by atoms with E-state index in [-0.39, 0.29) is 17.5 Å². The number of likely N-dealkylation sites (N-methyl/N-ethyl adjacent to an activating group) is 1. The molecule has 0 spiro atoms. The first-order valence-corrected chi connectivity index (χ1v) is 10.2. The molecule has 0 radical (unpaired) electrons. The maximum Gasteiger partial charge on any atom is 0.269 e. The van der Waals surface area contributed by atoms with E-state index in [0.717, 1.165) is 31.2 Å². The summed E-state index contributed by atoms with van der Waals surface area (Å²) in [6.07, 6.45) is 13.7. The maximum absolute atomic E-state index is 12.7. The van der Waals surface area contributed by atoms with Gasteiger partial charge in [-0.2, -0.15) is 0 Å². The summed E-state index contributed by atoms with van der Waals surface area (Å²) in [5, 5.41) is 2.92. The van der Waals surface area contributed by atoms with Crippen LogP contribution in [-0.2, 0) is 6.42 Å². The number of hydrogen-bond acceptors (Lipinski definition) is 4. The smallest absolute Gasteiger partial charge is 0.269 e. The molecule has 0 unspecified atom stereocenters. The number of rotatable bonds is 8. The Morgan fingerprint density at radius 1 is 1.10 bits per heavy atom. The Bertz CT molecular complexity index is 864. The number of carbonyl (C=O) groups excluding carboxylic acids is 2. The molecule has 2 heterocycles. The van der Waals surface area contributed by atoms with E-state index in [1.807, 2.05) is 12.1 Å². The van der Waals surface area contributed by atoms with Crippen LogP contribution < -0.4 is 5.32 Å². The van der Waals surface area contributed by atoms with Crippen LogP contribution >= 0.6 is 0 Å². The van der Waals surface area contributed by atoms with E-state index in [4.69, 9.17) is 0 Å². The highest BCUT2D eigenvalue weighted by Gasteiger charge is 2.15. The zero-order chi connectivity index (χ0) is 20.5. The summed E-state index contributed by atoms with van der Waals surface area (Å²) in [6, 6.07) is 7.10. The molecule has 1 N–H and O–H groups in total. The van der Waals surface area contributed by atoms with Crippen LogP contribution in [0.25, 0.3) is 0 Å². The van der Waals surface area contributed by atoms with Crippen molar-refractivity contribution in [2.45, 2.75) is 38.5 Å². The zero-order valence-corrected chi connectivity index (χ0v) is 16.9. The number of nitrogens with zero attached hydrogens (tertiary/aromatic N) is 3. The lowest BCUT2D eigenvalue weighted by molar-refractivity contribution is 0.0796. The first-order valence-electron chi connectivity index (χ1n) is 10.2. The predicted molar refractivity (Wildman–Crippen MR) is 113 cm³/mol. The van der Waals surface area contributed by atoms with Gasteiger partial charge < -0.3 is 10.2 Å². The average molecular weight is 393 g/mol. The van der Waals surface area contributed by atoms with Gasteiger partial charge in [-0.15, -0.1) is 0 Å². The van der Waals surface area contributed by atoms with Crippen molar-refractivity contribution in [1.29, 1.82) is 0 Å². The summed E-state index contributed by atoms with van der Waals surface area (Å²) < 4.78 is 0. The van der Waals surface area contributed by atoms with Gasteiger partial charge in [0.15, 0.2) is 0 Å². The molecule has 0 bridgehead atoms. The second kappa shape index (κ2) is 10.5. The summed E-state index contributed by atoms with van der Waals surface area (Å²) in [7, 11) is 1.77. The molecule has 1 aliphatic rings. The van der Waals surface area contributed by atoms with Gasteiger partial charge in [-0.25, -0.2) is 0 Å². The maximum atomic E-state index is 12.7. The minimum absolute atomic E-state index is 0.122. The topological polar surface area (TPSA) is 75.2 Å². The van der Waals surface area contributed by atoms with Gasteiger partial charge in [-0.3, -0.25) is 19.6 Å². The van der Waals surface area contributed by atoms with Gasteiger partial charge in [0, 0.05) is 44.3 Å². The van der Waals surface area contributed by atoms with Gasteiger partial charge >= 0.3 is 0 Å². The van der Waals surface area contributed by atoms with Gasteiger partial charge in [0.1, 0.15) is 5.69 Å². The first-order chi connectivity index (χ1) is 14.1. The predicted octanol–water partition coefficient (Wildman–Crippen LogP) is 3.41. The highest BCUT2D eigenvalue weighted by Crippen LogP contribution is 2.19. The molecule has 3 rings (SSSR count). The number of amides is 2. The van der Waals surface area contributed by atoms with Crippen molar-refractivity contribution >= 4 is 11.8 Å². The van der Waals surface area contributed by atoms with E-state index < -0.39 is 0 Å². The molecular weight excluding hydrogens is 364 g/mol. The number of nitrogens with one attached hydrogen (secondary N) is 1. The third kappa shape index (κ3) is 6.24. The monoisotopic (exact) mass is 392 g/mol. The van der Waals surface area contributed by atoms with E-state index in [2.05, 4.69) is 21.4 Å². The Balaban J connectivity index is 1.52. The molecule has 0 aliphatic heterocycles. The van der Waals surface area contributed by atoms with Crippen molar-refractivity contribution in [3.8, 4) is 0 Å². The van der Waals surface area contributed by atoms with Crippen molar-refractivity contribution in [3.63, 3.8) is 0 Å². The molecule has 0 atom stereocenters. The minimum Gasteiger partial charge on any atom is -0.350 e. The van der Waals surface area contributed by atoms with Crippen LogP contribution in [0.1, 0.15) is 58.5 Å². The van der Waals surface area contributed by atoms with Crippen LogP contribution in [0.3, 0.4) is 0 Å². The number of aromatic nitrogens is 2. The van der Waals surface area contributed by atoms with E-state index in [9.17, 15) is 9.59 Å². The van der Waals surface area contributed by atoms with Crippen LogP contribution in [-0.4, -0.2) is 46.8 Å². The Labute approximate surface area is 172 Å². The Morgan fingerprint density at radius 2 is 1.93 bits per heavy atom. The highest BCUT2D eigenvalue weighted by atomic mass is 16.2. The van der Waals surface area contributed by atoms with Crippen LogP contribution in [0.15, 0.2) is 54.5 Å². The van der Waals surface area contributed by atoms with Crippen LogP contribution in [0.2, 0.25) is 0 Å². The summed E-state index contributed by atoms with van der Waals surface area (Å²) in [6.45, 7) is 1.18. The molecular formula is C23H28N4O2. The molecule has 0 fully saturated rings. The lowest BCUT2D eigenvalue weighted by atomic mass is 9.97. The molecule has 0 aromatic carbocycles. The minimum atomic E-state index is -0.240. The summed E-state index contributed by atoms with van der Waals surface area (Å²) in [5.41, 5.74) is 3.29. The van der Waals surface area contributed by atoms with E-state index >= 15 is 0 Å². The Hall–Kier alpha value is -3.02. The average Bonchev–Trinajstić information content (AvgIpc) is 2.78. The lowest BCUT2D eigenvalue weighted by Crippen LogP contribution is -2.30. The van der Waals surface area contributed by atoms with Crippen molar-refractivity contribution in [3.05, 3.63) is 71.3 Å². The van der Waals surface area contributed by atoms with Crippen molar-refractivity contribution in [2.24, 2.45) is 0 Å². The number of carbonyl (C=O) groups is 2. The molecule has 29 heavy (non-hydrogen) atoms. The molecule has 2 amide bonds. The summed E-state index contributed by atoms with van der Waals surface area (Å²) in [5.74, 6) is -0.363. The third-order valence-electron chi connectivity index (χ3n) is 5.19. The van der Waals surface area contributed by atoms with E-state index in [1.54, 1.807) is 36.5 Å². The van der Waals surface area contributed by atoms with Crippen molar-refractivity contribution in [1.82, 2.24) is 20.2 Å². The standard InChI is InChI=1S/C23H28N4O2/c1-27(16-11-19-7-12-24-13-8-19)23(29)20-10-15-25-21(17-20)22(28)26-14-9-18-5-3-2-4-6-18/h5,7-8,10,12-13,15,17H,2-4,6,9,11,14,16H2,1H3,(H,26,28). The van der Waals surface area contributed by atoms with Gasteiger partial charge in [-0.1, -0.05) is 11.6 Å². The number of pyridine rings is 2. The van der Waals surface area contributed by atoms with Gasteiger partial charge in [0.25, 0.3) is 11.8 Å². The van der Waals surface area contributed by atoms with Gasteiger partial charge in [0.05, 0.1) is 0 Å². The Kier molecular flexibility index (Phi) is 7.50. The van der Waals surface area contributed by atoms with E-state index in [1.165, 1.54) is 24.6 Å². The van der Waals surface area contributed by atoms with Crippen molar-refractivity contribution < 1.29 is 9.59 Å². The zero-order valence-electron chi connectivity index (χ0n) is 16.9.